The van der Waals surface area contributed by atoms with Crippen molar-refractivity contribution in [2.45, 2.75) is 32.2 Å². The summed E-state index contributed by atoms with van der Waals surface area (Å²) in [5, 5.41) is 0. The molecule has 2 rings (SSSR count). The number of nitrogens with two attached hydrogens (primary N) is 1. The number of carbonyl (C=O) groups is 1. The molecule has 0 unspecified atom stereocenters. The van der Waals surface area contributed by atoms with Crippen LogP contribution in [-0.4, -0.2) is 19.7 Å². The first-order valence-electron chi connectivity index (χ1n) is 8.82. The average molecular weight is 390 g/mol. The highest BCUT2D eigenvalue weighted by atomic mass is 35.5. The van der Waals surface area contributed by atoms with Crippen LogP contribution in [0.15, 0.2) is 55.1 Å². The molecular weight excluding hydrogens is 362 g/mol. The maximum atomic E-state index is 11.5. The molecule has 146 valence electrons. The molecule has 1 atom stereocenters. The number of halogens is 1. The molecule has 2 N–H and O–H groups in total. The Morgan fingerprint density at radius 1 is 1.26 bits per heavy atom. The van der Waals surface area contributed by atoms with Gasteiger partial charge in [0.1, 0.15) is 5.75 Å². The molecule has 2 aromatic carbocycles. The quantitative estimate of drug-likeness (QED) is 0.372. The first kappa shape index (κ1) is 22.7. The minimum Gasteiger partial charge on any atom is -0.493 e. The van der Waals surface area contributed by atoms with Crippen LogP contribution in [0.1, 0.15) is 36.4 Å². The van der Waals surface area contributed by atoms with Gasteiger partial charge in [0.25, 0.3) is 0 Å². The molecule has 0 aliphatic carbocycles. The fourth-order valence-electron chi connectivity index (χ4n) is 2.85. The van der Waals surface area contributed by atoms with Crippen LogP contribution in [0.3, 0.4) is 0 Å². The van der Waals surface area contributed by atoms with Gasteiger partial charge in [-0.3, -0.25) is 4.79 Å². The lowest BCUT2D eigenvalue weighted by Crippen LogP contribution is -2.16. The molecule has 0 radical (unpaired) electrons. The Morgan fingerprint density at radius 3 is 2.70 bits per heavy atom. The monoisotopic (exact) mass is 389 g/mol. The van der Waals surface area contributed by atoms with Crippen molar-refractivity contribution in [3.05, 3.63) is 66.2 Å². The molecule has 0 bridgehead atoms. The molecule has 0 saturated heterocycles. The van der Waals surface area contributed by atoms with Gasteiger partial charge in [-0.25, -0.2) is 0 Å². The van der Waals surface area contributed by atoms with E-state index in [0.717, 1.165) is 40.8 Å². The third kappa shape index (κ3) is 6.42. The van der Waals surface area contributed by atoms with Gasteiger partial charge in [0.2, 0.25) is 0 Å². The minimum absolute atomic E-state index is 0. The Bertz CT molecular complexity index is 761. The van der Waals surface area contributed by atoms with Crippen molar-refractivity contribution in [3.8, 4) is 16.9 Å². The zero-order valence-electron chi connectivity index (χ0n) is 15.9. The molecule has 0 aliphatic heterocycles. The van der Waals surface area contributed by atoms with E-state index in [1.165, 1.54) is 7.11 Å². The maximum absolute atomic E-state index is 11.5. The molecule has 0 saturated carbocycles. The number of benzene rings is 2. The number of esters is 1. The molecule has 27 heavy (non-hydrogen) atoms. The maximum Gasteiger partial charge on any atom is 0.307 e. The second-order valence-corrected chi connectivity index (χ2v) is 6.24. The van der Waals surface area contributed by atoms with E-state index >= 15 is 0 Å². The Labute approximate surface area is 167 Å². The second kappa shape index (κ2) is 11.4. The Morgan fingerprint density at radius 2 is 2.00 bits per heavy atom. The first-order chi connectivity index (χ1) is 12.6. The molecular formula is C22H28ClNO3. The topological polar surface area (TPSA) is 61.5 Å². The van der Waals surface area contributed by atoms with Gasteiger partial charge in [-0.15, -0.1) is 19.0 Å². The summed E-state index contributed by atoms with van der Waals surface area (Å²) in [6, 6.07) is 13.6. The van der Waals surface area contributed by atoms with Gasteiger partial charge in [-0.05, 0) is 48.6 Å². The smallest absolute Gasteiger partial charge is 0.307 e. The van der Waals surface area contributed by atoms with Crippen LogP contribution in [0.4, 0.5) is 0 Å². The van der Waals surface area contributed by atoms with Crippen LogP contribution in [-0.2, 0) is 9.53 Å². The molecule has 5 heteroatoms. The van der Waals surface area contributed by atoms with Crippen molar-refractivity contribution in [2.75, 3.05) is 13.7 Å². The number of unbranched alkanes of at least 4 members (excludes halogenated alkanes) is 1. The Kier molecular flexibility index (Phi) is 9.62. The summed E-state index contributed by atoms with van der Waals surface area (Å²) < 4.78 is 10.7. The van der Waals surface area contributed by atoms with Crippen LogP contribution >= 0.6 is 12.4 Å². The molecule has 0 amide bonds. The van der Waals surface area contributed by atoms with E-state index in [9.17, 15) is 4.79 Å². The Hall–Kier alpha value is -2.30. The SMILES string of the molecule is C=CCCCOc1cccc(C)c1-c1cccc([C@@H](N)CC(=O)OC)c1.Cl. The number of ether oxygens (including phenoxy) is 2. The van der Waals surface area contributed by atoms with Gasteiger partial charge in [0.05, 0.1) is 20.1 Å². The number of rotatable bonds is 9. The zero-order chi connectivity index (χ0) is 18.9. The fraction of sp³-hybridized carbons (Fsp3) is 0.318. The van der Waals surface area contributed by atoms with E-state index in [0.29, 0.717) is 6.61 Å². The summed E-state index contributed by atoms with van der Waals surface area (Å²) in [6.45, 7) is 6.44. The normalized spacial score (nSPS) is 11.2. The third-order valence-corrected chi connectivity index (χ3v) is 4.26. The van der Waals surface area contributed by atoms with Crippen LogP contribution in [0.2, 0.25) is 0 Å². The van der Waals surface area contributed by atoms with Gasteiger partial charge >= 0.3 is 5.97 Å². The average Bonchev–Trinajstić information content (AvgIpc) is 2.65. The van der Waals surface area contributed by atoms with Crippen molar-refractivity contribution >= 4 is 18.4 Å². The number of allylic oxidation sites excluding steroid dienone is 1. The number of hydrogen-bond donors (Lipinski definition) is 1. The van der Waals surface area contributed by atoms with Gasteiger partial charge in [0.15, 0.2) is 0 Å². The van der Waals surface area contributed by atoms with Gasteiger partial charge in [-0.2, -0.15) is 0 Å². The second-order valence-electron chi connectivity index (χ2n) is 6.24. The van der Waals surface area contributed by atoms with Gasteiger partial charge < -0.3 is 15.2 Å². The highest BCUT2D eigenvalue weighted by Crippen LogP contribution is 2.34. The Balaban J connectivity index is 0.00000364. The van der Waals surface area contributed by atoms with Crippen molar-refractivity contribution in [2.24, 2.45) is 5.73 Å². The zero-order valence-corrected chi connectivity index (χ0v) is 16.8. The van der Waals surface area contributed by atoms with Crippen molar-refractivity contribution in [1.82, 2.24) is 0 Å². The summed E-state index contributed by atoms with van der Waals surface area (Å²) in [7, 11) is 1.37. The lowest BCUT2D eigenvalue weighted by atomic mass is 9.95. The molecule has 0 aromatic heterocycles. The van der Waals surface area contributed by atoms with Crippen molar-refractivity contribution < 1.29 is 14.3 Å². The van der Waals surface area contributed by atoms with E-state index in [-0.39, 0.29) is 24.8 Å². The number of hydrogen-bond acceptors (Lipinski definition) is 4. The molecule has 0 fully saturated rings. The van der Waals surface area contributed by atoms with Crippen LogP contribution in [0.25, 0.3) is 11.1 Å². The van der Waals surface area contributed by atoms with E-state index in [4.69, 9.17) is 15.2 Å². The first-order valence-corrected chi connectivity index (χ1v) is 8.82. The summed E-state index contributed by atoms with van der Waals surface area (Å²) in [4.78, 5) is 11.5. The van der Waals surface area contributed by atoms with Gasteiger partial charge in [-0.1, -0.05) is 36.4 Å². The van der Waals surface area contributed by atoms with E-state index in [1.807, 2.05) is 42.5 Å². The van der Waals surface area contributed by atoms with Crippen LogP contribution < -0.4 is 10.5 Å². The molecule has 0 aliphatic rings. The summed E-state index contributed by atoms with van der Waals surface area (Å²) in [5.41, 5.74) is 10.3. The third-order valence-electron chi connectivity index (χ3n) is 4.26. The highest BCUT2D eigenvalue weighted by molar-refractivity contribution is 5.85. The standard InChI is InChI=1S/C22H27NO3.ClH/c1-4-5-6-13-26-20-12-7-9-16(2)22(20)18-11-8-10-17(14-18)19(23)15-21(24)25-3;/h4,7-12,14,19H,1,5-6,13,15,23H2,2-3H3;1H/t19-;/m0./s1. The number of carbonyl (C=O) groups excluding carboxylic acids is 1. The van der Waals surface area contributed by atoms with E-state index in [2.05, 4.69) is 19.6 Å². The molecule has 0 heterocycles. The lowest BCUT2D eigenvalue weighted by molar-refractivity contribution is -0.141. The minimum atomic E-state index is -0.400. The number of methoxy groups -OCH3 is 1. The predicted molar refractivity (Wildman–Crippen MR) is 112 cm³/mol. The highest BCUT2D eigenvalue weighted by Gasteiger charge is 2.15. The number of aryl methyl sites for hydroxylation is 1. The largest absolute Gasteiger partial charge is 0.493 e. The van der Waals surface area contributed by atoms with Crippen molar-refractivity contribution in [3.63, 3.8) is 0 Å². The molecule has 4 nitrogen and oxygen atoms in total. The fourth-order valence-corrected chi connectivity index (χ4v) is 2.85. The molecule has 2 aromatic rings. The van der Waals surface area contributed by atoms with Crippen molar-refractivity contribution in [1.29, 1.82) is 0 Å². The van der Waals surface area contributed by atoms with E-state index < -0.39 is 6.04 Å². The van der Waals surface area contributed by atoms with E-state index in [1.54, 1.807) is 0 Å². The van der Waals surface area contributed by atoms with Crippen LogP contribution in [0, 0.1) is 6.92 Å². The summed E-state index contributed by atoms with van der Waals surface area (Å²) >= 11 is 0. The lowest BCUT2D eigenvalue weighted by Gasteiger charge is -2.16. The van der Waals surface area contributed by atoms with Crippen LogP contribution in [0.5, 0.6) is 5.75 Å². The predicted octanol–water partition coefficient (Wildman–Crippen LogP) is 4.99. The summed E-state index contributed by atoms with van der Waals surface area (Å²) in [6.07, 6.45) is 3.91. The van der Waals surface area contributed by atoms with Gasteiger partial charge in [0, 0.05) is 11.6 Å². The summed E-state index contributed by atoms with van der Waals surface area (Å²) in [5.74, 6) is 0.540. The molecule has 0 spiro atoms.